The van der Waals surface area contributed by atoms with E-state index in [9.17, 15) is 13.2 Å². The van der Waals surface area contributed by atoms with E-state index in [1.54, 1.807) is 24.3 Å². The number of anilines is 1. The van der Waals surface area contributed by atoms with Crippen molar-refractivity contribution in [3.8, 4) is 0 Å². The molecule has 104 valence electrons. The third kappa shape index (κ3) is 3.16. The van der Waals surface area contributed by atoms with Gasteiger partial charge in [0.25, 0.3) is 0 Å². The van der Waals surface area contributed by atoms with Gasteiger partial charge in [-0.15, -0.1) is 0 Å². The number of nitrogen functional groups attached to an aromatic ring is 1. The summed E-state index contributed by atoms with van der Waals surface area (Å²) in [5.74, 6) is -0.703. The van der Waals surface area contributed by atoms with Crippen molar-refractivity contribution in [2.24, 2.45) is 5.73 Å². The summed E-state index contributed by atoms with van der Waals surface area (Å²) in [6.07, 6.45) is 0. The molecule has 0 spiro atoms. The molecule has 0 radical (unpaired) electrons. The molecule has 2 rings (SSSR count). The van der Waals surface area contributed by atoms with Crippen LogP contribution in [0.25, 0.3) is 0 Å². The standard InChI is InChI=1S/C14H14N2O3S/c15-12-2-1-3-13(8-12)20(18,19)9-10-4-6-11(7-5-10)14(16)17/h1-8H,9,15H2,(H2,16,17). The molecular formula is C14H14N2O3S. The van der Waals surface area contributed by atoms with Gasteiger partial charge in [-0.1, -0.05) is 18.2 Å². The molecule has 0 aliphatic rings. The van der Waals surface area contributed by atoms with Crippen molar-refractivity contribution >= 4 is 21.4 Å². The van der Waals surface area contributed by atoms with Gasteiger partial charge in [-0.3, -0.25) is 4.79 Å². The first kappa shape index (κ1) is 14.1. The van der Waals surface area contributed by atoms with Crippen LogP contribution in [0.4, 0.5) is 5.69 Å². The second kappa shape index (κ2) is 5.34. The van der Waals surface area contributed by atoms with E-state index in [0.717, 1.165) is 0 Å². The lowest BCUT2D eigenvalue weighted by Gasteiger charge is -2.06. The largest absolute Gasteiger partial charge is 0.399 e. The second-order valence-corrected chi connectivity index (χ2v) is 6.38. The summed E-state index contributed by atoms with van der Waals surface area (Å²) in [5.41, 5.74) is 12.0. The number of carbonyl (C=O) groups excluding carboxylic acids is 1. The third-order valence-electron chi connectivity index (χ3n) is 2.81. The minimum atomic E-state index is -3.47. The Labute approximate surface area is 117 Å². The topological polar surface area (TPSA) is 103 Å². The van der Waals surface area contributed by atoms with Crippen molar-refractivity contribution in [1.29, 1.82) is 0 Å². The predicted octanol–water partition coefficient (Wildman–Crippen LogP) is 1.34. The first-order valence-electron chi connectivity index (χ1n) is 5.85. The molecular weight excluding hydrogens is 276 g/mol. The van der Waals surface area contributed by atoms with E-state index in [-0.39, 0.29) is 10.6 Å². The molecule has 0 bridgehead atoms. The normalized spacial score (nSPS) is 11.2. The molecule has 0 fully saturated rings. The van der Waals surface area contributed by atoms with Crippen LogP contribution in [-0.4, -0.2) is 14.3 Å². The number of rotatable bonds is 4. The van der Waals surface area contributed by atoms with Crippen LogP contribution in [0, 0.1) is 0 Å². The first-order valence-corrected chi connectivity index (χ1v) is 7.51. The van der Waals surface area contributed by atoms with Crippen molar-refractivity contribution < 1.29 is 13.2 Å². The molecule has 0 saturated carbocycles. The number of nitrogens with two attached hydrogens (primary N) is 2. The maximum atomic E-state index is 12.2. The van der Waals surface area contributed by atoms with Gasteiger partial charge in [0.2, 0.25) is 5.91 Å². The fourth-order valence-corrected chi connectivity index (χ4v) is 3.18. The Morgan fingerprint density at radius 2 is 1.70 bits per heavy atom. The summed E-state index contributed by atoms with van der Waals surface area (Å²) in [6.45, 7) is 0. The van der Waals surface area contributed by atoms with Crippen molar-refractivity contribution in [2.45, 2.75) is 10.6 Å². The number of amides is 1. The van der Waals surface area contributed by atoms with E-state index >= 15 is 0 Å². The van der Waals surface area contributed by atoms with E-state index in [2.05, 4.69) is 0 Å². The minimum Gasteiger partial charge on any atom is -0.399 e. The summed E-state index contributed by atoms with van der Waals surface area (Å²) >= 11 is 0. The molecule has 0 saturated heterocycles. The van der Waals surface area contributed by atoms with Gasteiger partial charge in [-0.05, 0) is 35.9 Å². The minimum absolute atomic E-state index is 0.157. The Hall–Kier alpha value is -2.34. The number of primary amides is 1. The highest BCUT2D eigenvalue weighted by molar-refractivity contribution is 7.90. The summed E-state index contributed by atoms with van der Waals surface area (Å²) in [7, 11) is -3.47. The molecule has 6 heteroatoms. The number of sulfone groups is 1. The Kier molecular flexibility index (Phi) is 3.76. The van der Waals surface area contributed by atoms with Gasteiger partial charge in [0, 0.05) is 11.3 Å². The molecule has 2 aromatic carbocycles. The maximum Gasteiger partial charge on any atom is 0.248 e. The summed E-state index contributed by atoms with van der Waals surface area (Å²) in [6, 6.07) is 12.3. The van der Waals surface area contributed by atoms with Crippen LogP contribution < -0.4 is 11.5 Å². The molecule has 2 aromatic rings. The predicted molar refractivity (Wildman–Crippen MR) is 76.7 cm³/mol. The molecule has 0 heterocycles. The quantitative estimate of drug-likeness (QED) is 0.829. The van der Waals surface area contributed by atoms with Crippen molar-refractivity contribution in [1.82, 2.24) is 0 Å². The van der Waals surface area contributed by atoms with E-state index in [0.29, 0.717) is 16.8 Å². The van der Waals surface area contributed by atoms with Crippen LogP contribution in [0.5, 0.6) is 0 Å². The summed E-state index contributed by atoms with van der Waals surface area (Å²) < 4.78 is 24.5. The molecule has 5 nitrogen and oxygen atoms in total. The van der Waals surface area contributed by atoms with Gasteiger partial charge in [0.15, 0.2) is 9.84 Å². The van der Waals surface area contributed by atoms with Gasteiger partial charge >= 0.3 is 0 Å². The molecule has 20 heavy (non-hydrogen) atoms. The van der Waals surface area contributed by atoms with Crippen molar-refractivity contribution in [3.63, 3.8) is 0 Å². The number of hydrogen-bond acceptors (Lipinski definition) is 4. The average molecular weight is 290 g/mol. The van der Waals surface area contributed by atoms with Crippen LogP contribution >= 0.6 is 0 Å². The fraction of sp³-hybridized carbons (Fsp3) is 0.0714. The highest BCUT2D eigenvalue weighted by Gasteiger charge is 2.15. The zero-order valence-electron chi connectivity index (χ0n) is 10.6. The molecule has 0 aromatic heterocycles. The Balaban J connectivity index is 2.26. The molecule has 0 atom stereocenters. The second-order valence-electron chi connectivity index (χ2n) is 4.39. The van der Waals surface area contributed by atoms with Gasteiger partial charge < -0.3 is 11.5 Å². The molecule has 1 amide bonds. The Morgan fingerprint density at radius 1 is 1.05 bits per heavy atom. The smallest absolute Gasteiger partial charge is 0.248 e. The lowest BCUT2D eigenvalue weighted by Crippen LogP contribution is -2.11. The molecule has 0 unspecified atom stereocenters. The van der Waals surface area contributed by atoms with E-state index in [4.69, 9.17) is 11.5 Å². The van der Waals surface area contributed by atoms with Gasteiger partial charge in [-0.2, -0.15) is 0 Å². The van der Waals surface area contributed by atoms with Crippen LogP contribution in [-0.2, 0) is 15.6 Å². The van der Waals surface area contributed by atoms with Crippen molar-refractivity contribution in [2.75, 3.05) is 5.73 Å². The molecule has 0 aliphatic heterocycles. The molecule has 0 aliphatic carbocycles. The monoisotopic (exact) mass is 290 g/mol. The lowest BCUT2D eigenvalue weighted by atomic mass is 10.1. The van der Waals surface area contributed by atoms with E-state index in [1.807, 2.05) is 0 Å². The highest BCUT2D eigenvalue weighted by atomic mass is 32.2. The average Bonchev–Trinajstić information content (AvgIpc) is 2.39. The number of carbonyl (C=O) groups is 1. The van der Waals surface area contributed by atoms with Crippen LogP contribution in [0.1, 0.15) is 15.9 Å². The number of hydrogen-bond donors (Lipinski definition) is 2. The van der Waals surface area contributed by atoms with Gasteiger partial charge in [0.05, 0.1) is 10.6 Å². The lowest BCUT2D eigenvalue weighted by molar-refractivity contribution is 0.100. The third-order valence-corrected chi connectivity index (χ3v) is 4.50. The first-order chi connectivity index (χ1) is 9.38. The summed E-state index contributed by atoms with van der Waals surface area (Å²) in [4.78, 5) is 11.1. The summed E-state index contributed by atoms with van der Waals surface area (Å²) in [5, 5.41) is 0. The zero-order chi connectivity index (χ0) is 14.8. The van der Waals surface area contributed by atoms with E-state index in [1.165, 1.54) is 24.3 Å². The fourth-order valence-electron chi connectivity index (χ4n) is 1.78. The zero-order valence-corrected chi connectivity index (χ0v) is 11.4. The van der Waals surface area contributed by atoms with Crippen LogP contribution in [0.15, 0.2) is 53.4 Å². The van der Waals surface area contributed by atoms with Gasteiger partial charge in [-0.25, -0.2) is 8.42 Å². The highest BCUT2D eigenvalue weighted by Crippen LogP contribution is 2.18. The Morgan fingerprint density at radius 3 is 2.25 bits per heavy atom. The van der Waals surface area contributed by atoms with E-state index < -0.39 is 15.7 Å². The van der Waals surface area contributed by atoms with Gasteiger partial charge in [0.1, 0.15) is 0 Å². The molecule has 4 N–H and O–H groups in total. The SMILES string of the molecule is NC(=O)c1ccc(CS(=O)(=O)c2cccc(N)c2)cc1. The Bertz CT molecular complexity index is 737. The number of benzene rings is 2. The maximum absolute atomic E-state index is 12.2. The van der Waals surface area contributed by atoms with Crippen LogP contribution in [0.2, 0.25) is 0 Å². The van der Waals surface area contributed by atoms with Crippen molar-refractivity contribution in [3.05, 3.63) is 59.7 Å². The van der Waals surface area contributed by atoms with Crippen LogP contribution in [0.3, 0.4) is 0 Å².